The third-order valence-corrected chi connectivity index (χ3v) is 5.58. The fourth-order valence-corrected chi connectivity index (χ4v) is 3.81. The predicted octanol–water partition coefficient (Wildman–Crippen LogP) is 2.00. The maximum Gasteiger partial charge on any atom is 0.349 e. The van der Waals surface area contributed by atoms with Gasteiger partial charge in [-0.25, -0.2) is 13.6 Å². The third-order valence-electron chi connectivity index (χ3n) is 5.58. The maximum atomic E-state index is 13.6. The van der Waals surface area contributed by atoms with E-state index in [0.717, 1.165) is 12.1 Å². The Balaban J connectivity index is 1.26. The lowest BCUT2D eigenvalue weighted by Crippen LogP contribution is -2.49. The van der Waals surface area contributed by atoms with E-state index in [1.807, 2.05) is 11.0 Å². The molecular formula is C22H18F2N6O3. The minimum atomic E-state index is -0.987. The summed E-state index contributed by atoms with van der Waals surface area (Å²) in [6.45, 7) is 2.20. The van der Waals surface area contributed by atoms with Gasteiger partial charge in [-0.3, -0.25) is 9.69 Å². The molecule has 0 atom stereocenters. The second kappa shape index (κ2) is 8.51. The molecule has 0 saturated carbocycles. The van der Waals surface area contributed by atoms with Crippen molar-refractivity contribution in [3.05, 3.63) is 82.0 Å². The van der Waals surface area contributed by atoms with Gasteiger partial charge in [0.25, 0.3) is 5.91 Å². The first-order valence-electron chi connectivity index (χ1n) is 10.3. The van der Waals surface area contributed by atoms with Gasteiger partial charge in [0.05, 0.1) is 12.2 Å². The molecule has 4 aromatic rings. The zero-order valence-electron chi connectivity index (χ0n) is 17.3. The van der Waals surface area contributed by atoms with Crippen molar-refractivity contribution in [1.82, 2.24) is 30.0 Å². The van der Waals surface area contributed by atoms with Gasteiger partial charge in [0.1, 0.15) is 11.1 Å². The molecular weight excluding hydrogens is 434 g/mol. The standard InChI is InChI=1S/C22H18F2N6O3/c23-17-6-5-15(12-18(17)24)30-20(25-26-27-30)13-28-7-9-29(10-8-28)21(31)16-11-14-3-1-2-4-19(14)33-22(16)32/h1-6,11-12H,7-10,13H2. The number of amides is 1. The maximum absolute atomic E-state index is 13.6. The van der Waals surface area contributed by atoms with Crippen molar-refractivity contribution < 1.29 is 18.0 Å². The largest absolute Gasteiger partial charge is 0.422 e. The molecule has 5 rings (SSSR count). The van der Waals surface area contributed by atoms with Crippen molar-refractivity contribution in [3.63, 3.8) is 0 Å². The van der Waals surface area contributed by atoms with E-state index in [2.05, 4.69) is 15.5 Å². The summed E-state index contributed by atoms with van der Waals surface area (Å²) < 4.78 is 33.5. The zero-order valence-corrected chi connectivity index (χ0v) is 17.3. The first kappa shape index (κ1) is 20.9. The van der Waals surface area contributed by atoms with Crippen molar-refractivity contribution in [2.24, 2.45) is 0 Å². The Morgan fingerprint density at radius 1 is 1.00 bits per heavy atom. The highest BCUT2D eigenvalue weighted by Gasteiger charge is 2.26. The summed E-state index contributed by atoms with van der Waals surface area (Å²) in [7, 11) is 0. The van der Waals surface area contributed by atoms with Crippen LogP contribution in [-0.4, -0.2) is 62.1 Å². The summed E-state index contributed by atoms with van der Waals surface area (Å²) in [6, 6.07) is 12.0. The lowest BCUT2D eigenvalue weighted by molar-refractivity contribution is 0.0620. The van der Waals surface area contributed by atoms with Gasteiger partial charge in [-0.1, -0.05) is 18.2 Å². The Morgan fingerprint density at radius 2 is 1.79 bits per heavy atom. The fourth-order valence-electron chi connectivity index (χ4n) is 3.81. The molecule has 0 spiro atoms. The molecule has 9 nitrogen and oxygen atoms in total. The number of tetrazole rings is 1. The summed E-state index contributed by atoms with van der Waals surface area (Å²) in [4.78, 5) is 28.9. The molecule has 2 aromatic carbocycles. The van der Waals surface area contributed by atoms with Crippen LogP contribution in [0.1, 0.15) is 16.2 Å². The molecule has 0 aliphatic carbocycles. The summed E-state index contributed by atoms with van der Waals surface area (Å²) in [5, 5.41) is 12.2. The number of hydrogen-bond donors (Lipinski definition) is 0. The van der Waals surface area contributed by atoms with Gasteiger partial charge in [-0.2, -0.15) is 4.68 Å². The molecule has 0 radical (unpaired) electrons. The molecule has 3 heterocycles. The van der Waals surface area contributed by atoms with E-state index in [4.69, 9.17) is 4.42 Å². The average Bonchev–Trinajstić information content (AvgIpc) is 3.28. The highest BCUT2D eigenvalue weighted by molar-refractivity contribution is 5.96. The lowest BCUT2D eigenvalue weighted by atomic mass is 10.1. The van der Waals surface area contributed by atoms with Crippen molar-refractivity contribution in [2.75, 3.05) is 26.2 Å². The molecule has 2 aromatic heterocycles. The Hall–Kier alpha value is -3.99. The van der Waals surface area contributed by atoms with Gasteiger partial charge < -0.3 is 9.32 Å². The van der Waals surface area contributed by atoms with Crippen molar-refractivity contribution in [2.45, 2.75) is 6.54 Å². The molecule has 11 heteroatoms. The van der Waals surface area contributed by atoms with Gasteiger partial charge in [-0.15, -0.1) is 5.10 Å². The van der Waals surface area contributed by atoms with Gasteiger partial charge in [0, 0.05) is 37.6 Å². The molecule has 33 heavy (non-hydrogen) atoms. The number of rotatable bonds is 4. The van der Waals surface area contributed by atoms with E-state index in [1.54, 1.807) is 29.2 Å². The molecule has 1 aliphatic heterocycles. The smallest absolute Gasteiger partial charge is 0.349 e. The SMILES string of the molecule is O=C(c1cc2ccccc2oc1=O)N1CCN(Cc2nnnn2-c2ccc(F)c(F)c2)CC1. The number of fused-ring (bicyclic) bond motifs is 1. The molecule has 1 amide bonds. The molecule has 1 saturated heterocycles. The van der Waals surface area contributed by atoms with E-state index >= 15 is 0 Å². The average molecular weight is 452 g/mol. The number of benzene rings is 2. The summed E-state index contributed by atoms with van der Waals surface area (Å²) >= 11 is 0. The molecule has 168 valence electrons. The van der Waals surface area contributed by atoms with E-state index in [0.29, 0.717) is 55.2 Å². The van der Waals surface area contributed by atoms with Crippen LogP contribution in [0, 0.1) is 11.6 Å². The minimum absolute atomic E-state index is 0.00410. The van der Waals surface area contributed by atoms with E-state index in [1.165, 1.54) is 10.7 Å². The van der Waals surface area contributed by atoms with Gasteiger partial charge >= 0.3 is 5.63 Å². The van der Waals surface area contributed by atoms with Crippen LogP contribution in [0.15, 0.2) is 57.7 Å². The number of hydrogen-bond acceptors (Lipinski definition) is 7. The monoisotopic (exact) mass is 452 g/mol. The number of piperazine rings is 1. The molecule has 1 aliphatic rings. The quantitative estimate of drug-likeness (QED) is 0.437. The van der Waals surface area contributed by atoms with Crippen LogP contribution in [0.4, 0.5) is 8.78 Å². The fraction of sp³-hybridized carbons (Fsp3) is 0.227. The topological polar surface area (TPSA) is 97.4 Å². The third kappa shape index (κ3) is 4.10. The van der Waals surface area contributed by atoms with Crippen LogP contribution in [0.5, 0.6) is 0 Å². The minimum Gasteiger partial charge on any atom is -0.422 e. The van der Waals surface area contributed by atoms with Gasteiger partial charge in [-0.05, 0) is 34.7 Å². The van der Waals surface area contributed by atoms with Crippen molar-refractivity contribution >= 4 is 16.9 Å². The molecule has 0 bridgehead atoms. The van der Waals surface area contributed by atoms with Crippen molar-refractivity contribution in [3.8, 4) is 5.69 Å². The van der Waals surface area contributed by atoms with E-state index in [-0.39, 0.29) is 11.5 Å². The lowest BCUT2D eigenvalue weighted by Gasteiger charge is -2.34. The van der Waals surface area contributed by atoms with Gasteiger partial charge in [0.2, 0.25) is 0 Å². The second-order valence-electron chi connectivity index (χ2n) is 7.66. The highest BCUT2D eigenvalue weighted by atomic mass is 19.2. The van der Waals surface area contributed by atoms with Crippen LogP contribution in [-0.2, 0) is 6.54 Å². The first-order valence-corrected chi connectivity index (χ1v) is 10.3. The normalized spacial score (nSPS) is 14.7. The van der Waals surface area contributed by atoms with E-state index < -0.39 is 17.3 Å². The number of carbonyl (C=O) groups is 1. The molecule has 1 fully saturated rings. The summed E-state index contributed by atoms with van der Waals surface area (Å²) in [5.41, 5.74) is 0.0876. The Morgan fingerprint density at radius 3 is 2.58 bits per heavy atom. The van der Waals surface area contributed by atoms with Gasteiger partial charge in [0.15, 0.2) is 17.5 Å². The number of para-hydroxylation sites is 1. The number of halogens is 2. The Kier molecular flexibility index (Phi) is 5.38. The van der Waals surface area contributed by atoms with Crippen molar-refractivity contribution in [1.29, 1.82) is 0 Å². The molecule has 0 unspecified atom stereocenters. The molecule has 0 N–H and O–H groups in total. The Bertz CT molecular complexity index is 1390. The van der Waals surface area contributed by atoms with Crippen LogP contribution < -0.4 is 5.63 Å². The number of carbonyl (C=O) groups excluding carboxylic acids is 1. The van der Waals surface area contributed by atoms with Crippen LogP contribution in [0.2, 0.25) is 0 Å². The second-order valence-corrected chi connectivity index (χ2v) is 7.66. The van der Waals surface area contributed by atoms with Crippen LogP contribution in [0.3, 0.4) is 0 Å². The number of nitrogens with zero attached hydrogens (tertiary/aromatic N) is 6. The number of aromatic nitrogens is 4. The highest BCUT2D eigenvalue weighted by Crippen LogP contribution is 2.17. The predicted molar refractivity (Wildman–Crippen MR) is 113 cm³/mol. The van der Waals surface area contributed by atoms with Crippen LogP contribution >= 0.6 is 0 Å². The van der Waals surface area contributed by atoms with Crippen LogP contribution in [0.25, 0.3) is 16.7 Å². The summed E-state index contributed by atoms with van der Waals surface area (Å²) in [5.74, 6) is -1.86. The summed E-state index contributed by atoms with van der Waals surface area (Å²) in [6.07, 6.45) is 0. The zero-order chi connectivity index (χ0) is 22.9. The van der Waals surface area contributed by atoms with E-state index in [9.17, 15) is 18.4 Å². The Labute approximate surface area is 185 Å². The first-order chi connectivity index (χ1) is 16.0.